The van der Waals surface area contributed by atoms with Crippen LogP contribution in [0.4, 0.5) is 5.69 Å². The molecule has 1 heterocycles. The van der Waals surface area contributed by atoms with E-state index < -0.39 is 0 Å². The first kappa shape index (κ1) is 19.6. The number of carbonyl (C=O) groups is 1. The van der Waals surface area contributed by atoms with Gasteiger partial charge in [-0.2, -0.15) is 0 Å². The van der Waals surface area contributed by atoms with Crippen molar-refractivity contribution >= 4 is 17.6 Å². The Morgan fingerprint density at radius 1 is 1.19 bits per heavy atom. The van der Waals surface area contributed by atoms with Gasteiger partial charge < -0.3 is 20.4 Å². The van der Waals surface area contributed by atoms with Crippen molar-refractivity contribution in [1.82, 2.24) is 10.6 Å². The van der Waals surface area contributed by atoms with Crippen LogP contribution in [0.25, 0.3) is 0 Å². The second-order valence-electron chi connectivity index (χ2n) is 6.52. The van der Waals surface area contributed by atoms with Crippen LogP contribution in [0.1, 0.15) is 42.8 Å². The van der Waals surface area contributed by atoms with Gasteiger partial charge in [0.15, 0.2) is 11.7 Å². The molecule has 0 unspecified atom stereocenters. The zero-order valence-corrected chi connectivity index (χ0v) is 15.7. The fourth-order valence-electron chi connectivity index (χ4n) is 2.48. The van der Waals surface area contributed by atoms with Gasteiger partial charge in [-0.05, 0) is 48.6 Å². The van der Waals surface area contributed by atoms with Crippen molar-refractivity contribution in [2.24, 2.45) is 10.9 Å². The number of hydrogen-bond donors (Lipinski definition) is 3. The summed E-state index contributed by atoms with van der Waals surface area (Å²) in [6.07, 6.45) is 3.79. The van der Waals surface area contributed by atoms with Gasteiger partial charge in [-0.1, -0.05) is 26.0 Å². The highest BCUT2D eigenvalue weighted by molar-refractivity contribution is 6.02. The molecule has 6 nitrogen and oxygen atoms in total. The molecule has 2 aromatic rings. The largest absolute Gasteiger partial charge is 0.459 e. The zero-order chi connectivity index (χ0) is 18.8. The molecule has 6 heteroatoms. The fourth-order valence-corrected chi connectivity index (χ4v) is 2.48. The Hall–Kier alpha value is -2.76. The monoisotopic (exact) mass is 356 g/mol. The molecule has 2 rings (SSSR count). The molecular weight excluding hydrogens is 328 g/mol. The molecule has 0 bridgehead atoms. The van der Waals surface area contributed by atoms with Crippen molar-refractivity contribution in [3.63, 3.8) is 0 Å². The number of amides is 1. The number of guanidine groups is 1. The van der Waals surface area contributed by atoms with E-state index in [9.17, 15) is 4.79 Å². The summed E-state index contributed by atoms with van der Waals surface area (Å²) >= 11 is 0. The van der Waals surface area contributed by atoms with Gasteiger partial charge in [0.05, 0.1) is 6.26 Å². The molecule has 0 fully saturated rings. The predicted octanol–water partition coefficient (Wildman–Crippen LogP) is 3.63. The Balaban J connectivity index is 1.82. The molecule has 1 amide bonds. The van der Waals surface area contributed by atoms with Crippen LogP contribution >= 0.6 is 0 Å². The quantitative estimate of drug-likeness (QED) is 0.383. The van der Waals surface area contributed by atoms with E-state index in [1.165, 1.54) is 12.7 Å². The van der Waals surface area contributed by atoms with Crippen LogP contribution in [0.5, 0.6) is 0 Å². The van der Waals surface area contributed by atoms with Crippen molar-refractivity contribution in [2.45, 2.75) is 33.2 Å². The normalized spacial score (nSPS) is 11.5. The lowest BCUT2D eigenvalue weighted by atomic mass is 10.1. The van der Waals surface area contributed by atoms with E-state index in [0.29, 0.717) is 18.2 Å². The average Bonchev–Trinajstić information content (AvgIpc) is 3.16. The van der Waals surface area contributed by atoms with Gasteiger partial charge >= 0.3 is 0 Å². The van der Waals surface area contributed by atoms with Crippen molar-refractivity contribution in [3.05, 3.63) is 54.0 Å². The van der Waals surface area contributed by atoms with Crippen molar-refractivity contribution < 1.29 is 9.21 Å². The third-order valence-electron chi connectivity index (χ3n) is 3.86. The molecule has 140 valence electrons. The third kappa shape index (κ3) is 6.63. The van der Waals surface area contributed by atoms with Crippen LogP contribution in [-0.4, -0.2) is 25.5 Å². The minimum Gasteiger partial charge on any atom is -0.459 e. The second kappa shape index (κ2) is 10.3. The number of furan rings is 1. The molecule has 0 atom stereocenters. The van der Waals surface area contributed by atoms with E-state index in [-0.39, 0.29) is 5.91 Å². The SMILES string of the molecule is CN=C(NCCCC(C)C)NCc1cccc(NC(=O)c2ccco2)c1. The summed E-state index contributed by atoms with van der Waals surface area (Å²) < 4.78 is 5.10. The van der Waals surface area contributed by atoms with Crippen molar-refractivity contribution in [1.29, 1.82) is 0 Å². The Morgan fingerprint density at radius 3 is 2.73 bits per heavy atom. The van der Waals surface area contributed by atoms with E-state index in [2.05, 4.69) is 34.8 Å². The summed E-state index contributed by atoms with van der Waals surface area (Å²) in [4.78, 5) is 16.3. The molecule has 1 aromatic carbocycles. The first-order valence-electron chi connectivity index (χ1n) is 8.97. The zero-order valence-electron chi connectivity index (χ0n) is 15.7. The molecular formula is C20H28N4O2. The van der Waals surface area contributed by atoms with E-state index in [0.717, 1.165) is 30.2 Å². The minimum atomic E-state index is -0.261. The van der Waals surface area contributed by atoms with E-state index in [1.807, 2.05) is 24.3 Å². The van der Waals surface area contributed by atoms with Gasteiger partial charge in [-0.3, -0.25) is 9.79 Å². The molecule has 3 N–H and O–H groups in total. The number of nitrogens with zero attached hydrogens (tertiary/aromatic N) is 1. The molecule has 26 heavy (non-hydrogen) atoms. The lowest BCUT2D eigenvalue weighted by Crippen LogP contribution is -2.37. The summed E-state index contributed by atoms with van der Waals surface area (Å²) in [5.41, 5.74) is 1.78. The maximum absolute atomic E-state index is 12.0. The first-order chi connectivity index (χ1) is 12.6. The summed E-state index contributed by atoms with van der Waals surface area (Å²) in [5, 5.41) is 9.44. The van der Waals surface area contributed by atoms with Crippen LogP contribution in [-0.2, 0) is 6.54 Å². The first-order valence-corrected chi connectivity index (χ1v) is 8.97. The molecule has 0 aliphatic heterocycles. The molecule has 0 aliphatic carbocycles. The van der Waals surface area contributed by atoms with Crippen LogP contribution in [0, 0.1) is 5.92 Å². The van der Waals surface area contributed by atoms with Crippen molar-refractivity contribution in [3.8, 4) is 0 Å². The third-order valence-corrected chi connectivity index (χ3v) is 3.86. The molecule has 0 saturated carbocycles. The maximum atomic E-state index is 12.0. The van der Waals surface area contributed by atoms with Gasteiger partial charge in [0, 0.05) is 25.8 Å². The average molecular weight is 356 g/mol. The highest BCUT2D eigenvalue weighted by atomic mass is 16.3. The van der Waals surface area contributed by atoms with E-state index in [4.69, 9.17) is 4.42 Å². The highest BCUT2D eigenvalue weighted by Gasteiger charge is 2.08. The van der Waals surface area contributed by atoms with Crippen LogP contribution in [0.3, 0.4) is 0 Å². The lowest BCUT2D eigenvalue weighted by molar-refractivity contribution is 0.0996. The predicted molar refractivity (Wildman–Crippen MR) is 105 cm³/mol. The molecule has 0 radical (unpaired) electrons. The molecule has 0 saturated heterocycles. The topological polar surface area (TPSA) is 78.7 Å². The van der Waals surface area contributed by atoms with Gasteiger partial charge in [0.1, 0.15) is 0 Å². The van der Waals surface area contributed by atoms with E-state index >= 15 is 0 Å². The summed E-state index contributed by atoms with van der Waals surface area (Å²) in [5.74, 6) is 1.52. The molecule has 0 aliphatic rings. The van der Waals surface area contributed by atoms with Crippen molar-refractivity contribution in [2.75, 3.05) is 18.9 Å². The smallest absolute Gasteiger partial charge is 0.291 e. The highest BCUT2D eigenvalue weighted by Crippen LogP contribution is 2.12. The Morgan fingerprint density at radius 2 is 2.04 bits per heavy atom. The number of carbonyl (C=O) groups excluding carboxylic acids is 1. The van der Waals surface area contributed by atoms with Gasteiger partial charge in [-0.15, -0.1) is 0 Å². The van der Waals surface area contributed by atoms with Crippen LogP contribution in [0.2, 0.25) is 0 Å². The summed E-state index contributed by atoms with van der Waals surface area (Å²) in [6.45, 7) is 5.97. The number of nitrogens with one attached hydrogen (secondary N) is 3. The van der Waals surface area contributed by atoms with Crippen LogP contribution < -0.4 is 16.0 Å². The van der Waals surface area contributed by atoms with Gasteiger partial charge in [-0.25, -0.2) is 0 Å². The fraction of sp³-hybridized carbons (Fsp3) is 0.400. The van der Waals surface area contributed by atoms with E-state index in [1.54, 1.807) is 19.2 Å². The van der Waals surface area contributed by atoms with Gasteiger partial charge in [0.25, 0.3) is 5.91 Å². The number of benzene rings is 1. The Labute approximate surface area is 155 Å². The Kier molecular flexibility index (Phi) is 7.74. The summed E-state index contributed by atoms with van der Waals surface area (Å²) in [6, 6.07) is 11.0. The second-order valence-corrected chi connectivity index (χ2v) is 6.52. The van der Waals surface area contributed by atoms with Crippen LogP contribution in [0.15, 0.2) is 52.1 Å². The number of hydrogen-bond acceptors (Lipinski definition) is 3. The van der Waals surface area contributed by atoms with Gasteiger partial charge in [0.2, 0.25) is 0 Å². The minimum absolute atomic E-state index is 0.261. The summed E-state index contributed by atoms with van der Waals surface area (Å²) in [7, 11) is 1.76. The lowest BCUT2D eigenvalue weighted by Gasteiger charge is -2.13. The number of anilines is 1. The molecule has 0 spiro atoms. The molecule has 1 aromatic heterocycles. The standard InChI is InChI=1S/C20H28N4O2/c1-15(2)7-5-11-22-20(21-3)23-14-16-8-4-9-17(13-16)24-19(25)18-10-6-12-26-18/h4,6,8-10,12-13,15H,5,7,11,14H2,1-3H3,(H,24,25)(H2,21,22,23). The number of rotatable bonds is 8. The Bertz CT molecular complexity index is 708. The maximum Gasteiger partial charge on any atom is 0.291 e. The number of aliphatic imine (C=N–C) groups is 1.